The summed E-state index contributed by atoms with van der Waals surface area (Å²) in [5.74, 6) is -1.37. The van der Waals surface area contributed by atoms with Crippen LogP contribution in [0.5, 0.6) is 0 Å². The smallest absolute Gasteiger partial charge is 0.264 e. The molecule has 0 unspecified atom stereocenters. The Kier molecular flexibility index (Phi) is 2.15. The van der Waals surface area contributed by atoms with Crippen LogP contribution in [0.15, 0.2) is 29.1 Å². The van der Waals surface area contributed by atoms with Crippen molar-refractivity contribution in [1.29, 1.82) is 0 Å². The number of benzene rings is 1. The zero-order chi connectivity index (χ0) is 11.0. The summed E-state index contributed by atoms with van der Waals surface area (Å²) in [5.41, 5.74) is 0.359. The Morgan fingerprint density at radius 2 is 2.00 bits per heavy atom. The average molecular weight is 210 g/mol. The van der Waals surface area contributed by atoms with E-state index < -0.39 is 11.6 Å². The molecule has 0 spiro atoms. The number of aromatic amines is 1. The molecule has 0 saturated heterocycles. The monoisotopic (exact) mass is 210 g/mol. The van der Waals surface area contributed by atoms with E-state index in [0.29, 0.717) is 5.69 Å². The Labute approximate surface area is 84.0 Å². The Morgan fingerprint density at radius 3 is 2.53 bits per heavy atom. The third kappa shape index (κ3) is 1.68. The molecule has 0 amide bonds. The van der Waals surface area contributed by atoms with Crippen molar-refractivity contribution < 1.29 is 8.78 Å². The summed E-state index contributed by atoms with van der Waals surface area (Å²) in [4.78, 5) is 11.0. The highest BCUT2D eigenvalue weighted by Gasteiger charge is 2.08. The van der Waals surface area contributed by atoms with E-state index in [1.165, 1.54) is 16.8 Å². The maximum Gasteiger partial charge on any atom is 0.264 e. The molecule has 1 N–H and O–H groups in total. The molecule has 2 rings (SSSR count). The van der Waals surface area contributed by atoms with E-state index in [-0.39, 0.29) is 11.2 Å². The predicted octanol–water partition coefficient (Wildman–Crippen LogP) is 1.75. The fourth-order valence-corrected chi connectivity index (χ4v) is 1.40. The maximum absolute atomic E-state index is 13.3. The SMILES string of the molecule is Cc1cc(=O)[nH]n1-c1ccc(F)cc1F. The second kappa shape index (κ2) is 3.34. The van der Waals surface area contributed by atoms with E-state index in [4.69, 9.17) is 0 Å². The molecule has 0 aliphatic rings. The zero-order valence-electron chi connectivity index (χ0n) is 7.92. The van der Waals surface area contributed by atoms with E-state index in [2.05, 4.69) is 5.10 Å². The highest BCUT2D eigenvalue weighted by atomic mass is 19.1. The lowest BCUT2D eigenvalue weighted by molar-refractivity contribution is 0.572. The average Bonchev–Trinajstić information content (AvgIpc) is 2.45. The number of nitrogens with zero attached hydrogens (tertiary/aromatic N) is 1. The number of halogens is 2. The Hall–Kier alpha value is -1.91. The fraction of sp³-hybridized carbons (Fsp3) is 0.100. The molecule has 78 valence electrons. The first-order valence-electron chi connectivity index (χ1n) is 4.32. The van der Waals surface area contributed by atoms with Crippen molar-refractivity contribution >= 4 is 0 Å². The van der Waals surface area contributed by atoms with Crippen LogP contribution in [0.1, 0.15) is 5.69 Å². The highest BCUT2D eigenvalue weighted by Crippen LogP contribution is 2.14. The Bertz CT molecular complexity index is 557. The molecule has 5 heteroatoms. The minimum absolute atomic E-state index is 0.121. The van der Waals surface area contributed by atoms with Gasteiger partial charge in [-0.1, -0.05) is 0 Å². The van der Waals surface area contributed by atoms with Gasteiger partial charge in [-0.25, -0.2) is 8.78 Å². The normalized spacial score (nSPS) is 10.6. The predicted molar refractivity (Wildman–Crippen MR) is 51.0 cm³/mol. The number of H-pyrrole nitrogens is 1. The summed E-state index contributed by atoms with van der Waals surface area (Å²) in [6.45, 7) is 1.65. The van der Waals surface area contributed by atoms with Crippen LogP contribution < -0.4 is 5.56 Å². The molecule has 0 radical (unpaired) electrons. The van der Waals surface area contributed by atoms with Crippen LogP contribution in [0.25, 0.3) is 5.69 Å². The van der Waals surface area contributed by atoms with Crippen molar-refractivity contribution in [3.63, 3.8) is 0 Å². The molecule has 0 aliphatic carbocycles. The first kappa shape index (κ1) is 9.64. The van der Waals surface area contributed by atoms with Gasteiger partial charge >= 0.3 is 0 Å². The summed E-state index contributed by atoms with van der Waals surface area (Å²) >= 11 is 0. The number of aromatic nitrogens is 2. The lowest BCUT2D eigenvalue weighted by atomic mass is 10.3. The molecule has 0 aliphatic heterocycles. The van der Waals surface area contributed by atoms with E-state index in [1.807, 2.05) is 0 Å². The topological polar surface area (TPSA) is 37.8 Å². The van der Waals surface area contributed by atoms with Gasteiger partial charge in [0.05, 0.1) is 5.69 Å². The van der Waals surface area contributed by atoms with E-state index in [1.54, 1.807) is 6.92 Å². The van der Waals surface area contributed by atoms with Crippen LogP contribution in [0, 0.1) is 18.6 Å². The minimum Gasteiger partial charge on any atom is -0.268 e. The van der Waals surface area contributed by atoms with Gasteiger partial charge in [0.1, 0.15) is 5.82 Å². The lowest BCUT2D eigenvalue weighted by Crippen LogP contribution is -2.06. The van der Waals surface area contributed by atoms with Crippen LogP contribution in [-0.2, 0) is 0 Å². The van der Waals surface area contributed by atoms with Gasteiger partial charge in [-0.05, 0) is 19.1 Å². The van der Waals surface area contributed by atoms with Gasteiger partial charge in [0.25, 0.3) is 5.56 Å². The van der Waals surface area contributed by atoms with Crippen LogP contribution >= 0.6 is 0 Å². The molecule has 0 fully saturated rings. The molecule has 1 aromatic heterocycles. The summed E-state index contributed by atoms with van der Waals surface area (Å²) in [6.07, 6.45) is 0. The van der Waals surface area contributed by atoms with Crippen molar-refractivity contribution in [2.45, 2.75) is 6.92 Å². The summed E-state index contributed by atoms with van der Waals surface area (Å²) in [5, 5.41) is 2.42. The molecular weight excluding hydrogens is 202 g/mol. The van der Waals surface area contributed by atoms with Gasteiger partial charge in [0, 0.05) is 17.8 Å². The third-order valence-corrected chi connectivity index (χ3v) is 2.07. The van der Waals surface area contributed by atoms with Gasteiger partial charge in [0.15, 0.2) is 5.82 Å². The van der Waals surface area contributed by atoms with Crippen molar-refractivity contribution in [1.82, 2.24) is 9.78 Å². The Balaban J connectivity index is 2.64. The van der Waals surface area contributed by atoms with Crippen LogP contribution in [0.4, 0.5) is 8.78 Å². The first-order valence-corrected chi connectivity index (χ1v) is 4.32. The van der Waals surface area contributed by atoms with Crippen molar-refractivity contribution in [2.24, 2.45) is 0 Å². The standard InChI is InChI=1S/C10H8F2N2O/c1-6-4-10(15)13-14(6)9-3-2-7(11)5-8(9)12/h2-5H,1H3,(H,13,15). The largest absolute Gasteiger partial charge is 0.268 e. The van der Waals surface area contributed by atoms with E-state index in [0.717, 1.165) is 12.1 Å². The molecule has 2 aromatic rings. The van der Waals surface area contributed by atoms with Gasteiger partial charge in [-0.2, -0.15) is 0 Å². The molecule has 0 saturated carbocycles. The quantitative estimate of drug-likeness (QED) is 0.765. The summed E-state index contributed by atoms with van der Waals surface area (Å²) < 4.78 is 27.3. The molecule has 0 atom stereocenters. The van der Waals surface area contributed by atoms with Crippen molar-refractivity contribution in [2.75, 3.05) is 0 Å². The van der Waals surface area contributed by atoms with E-state index in [9.17, 15) is 13.6 Å². The third-order valence-electron chi connectivity index (χ3n) is 2.07. The van der Waals surface area contributed by atoms with Crippen molar-refractivity contribution in [3.8, 4) is 5.69 Å². The number of hydrogen-bond donors (Lipinski definition) is 1. The van der Waals surface area contributed by atoms with E-state index >= 15 is 0 Å². The number of rotatable bonds is 1. The van der Waals surface area contributed by atoms with Gasteiger partial charge in [-0.15, -0.1) is 0 Å². The Morgan fingerprint density at radius 1 is 1.27 bits per heavy atom. The number of hydrogen-bond acceptors (Lipinski definition) is 1. The minimum atomic E-state index is -0.718. The zero-order valence-corrected chi connectivity index (χ0v) is 7.92. The summed E-state index contributed by atoms with van der Waals surface area (Å²) in [6, 6.07) is 4.51. The van der Waals surface area contributed by atoms with Crippen LogP contribution in [-0.4, -0.2) is 9.78 Å². The second-order valence-corrected chi connectivity index (χ2v) is 3.19. The lowest BCUT2D eigenvalue weighted by Gasteiger charge is -2.06. The van der Waals surface area contributed by atoms with Gasteiger partial charge < -0.3 is 0 Å². The van der Waals surface area contributed by atoms with Crippen LogP contribution in [0.3, 0.4) is 0 Å². The first-order chi connectivity index (χ1) is 7.08. The maximum atomic E-state index is 13.3. The fourth-order valence-electron chi connectivity index (χ4n) is 1.40. The molecular formula is C10H8F2N2O. The van der Waals surface area contributed by atoms with Crippen molar-refractivity contribution in [3.05, 3.63) is 51.9 Å². The summed E-state index contributed by atoms with van der Waals surface area (Å²) in [7, 11) is 0. The number of nitrogens with one attached hydrogen (secondary N) is 1. The van der Waals surface area contributed by atoms with Gasteiger partial charge in [-0.3, -0.25) is 14.6 Å². The molecule has 0 bridgehead atoms. The molecule has 1 aromatic carbocycles. The molecule has 1 heterocycles. The molecule has 15 heavy (non-hydrogen) atoms. The molecule has 3 nitrogen and oxygen atoms in total. The van der Waals surface area contributed by atoms with Crippen LogP contribution in [0.2, 0.25) is 0 Å². The second-order valence-electron chi connectivity index (χ2n) is 3.19. The highest BCUT2D eigenvalue weighted by molar-refractivity contribution is 5.34. The number of aryl methyl sites for hydroxylation is 1. The van der Waals surface area contributed by atoms with Gasteiger partial charge in [0.2, 0.25) is 0 Å².